The molecule has 0 aromatic heterocycles. The van der Waals surface area contributed by atoms with E-state index in [9.17, 15) is 18.0 Å². The summed E-state index contributed by atoms with van der Waals surface area (Å²) in [4.78, 5) is 23.2. The molecule has 2 rings (SSSR count). The van der Waals surface area contributed by atoms with E-state index in [0.717, 1.165) is 9.87 Å². The van der Waals surface area contributed by atoms with Crippen molar-refractivity contribution in [1.29, 1.82) is 0 Å². The Balaban J connectivity index is 1.75. The number of amides is 2. The Hall–Kier alpha value is -2.09. The number of hydrogen-bond donors (Lipinski definition) is 1. The van der Waals surface area contributed by atoms with E-state index in [4.69, 9.17) is 4.74 Å². The number of rotatable bonds is 4. The van der Waals surface area contributed by atoms with Gasteiger partial charge in [0.25, 0.3) is 5.91 Å². The molecule has 1 heterocycles. The van der Waals surface area contributed by atoms with E-state index in [2.05, 4.69) is 5.32 Å². The van der Waals surface area contributed by atoms with Crippen molar-refractivity contribution in [2.75, 3.05) is 18.8 Å². The van der Waals surface area contributed by atoms with Crippen LogP contribution in [0, 0.1) is 0 Å². The van der Waals surface area contributed by atoms with Crippen LogP contribution in [0.15, 0.2) is 30.3 Å². The molecule has 114 valence electrons. The van der Waals surface area contributed by atoms with Crippen molar-refractivity contribution >= 4 is 22.0 Å². The summed E-state index contributed by atoms with van der Waals surface area (Å²) in [5.74, 6) is -0.679. The number of alkyl carbamates (subject to hydrolysis) is 1. The summed E-state index contributed by atoms with van der Waals surface area (Å²) >= 11 is 0. The van der Waals surface area contributed by atoms with E-state index in [-0.39, 0.29) is 18.9 Å². The second kappa shape index (κ2) is 6.57. The van der Waals surface area contributed by atoms with E-state index >= 15 is 0 Å². The van der Waals surface area contributed by atoms with Crippen LogP contribution in [0.5, 0.6) is 0 Å². The summed E-state index contributed by atoms with van der Waals surface area (Å²) in [5, 5.41) is 2.25. The van der Waals surface area contributed by atoms with Gasteiger partial charge in [-0.25, -0.2) is 17.5 Å². The Labute approximate surface area is 122 Å². The highest BCUT2D eigenvalue weighted by Crippen LogP contribution is 2.12. The minimum atomic E-state index is -3.50. The Morgan fingerprint density at radius 3 is 2.57 bits per heavy atom. The fourth-order valence-electron chi connectivity index (χ4n) is 1.93. The molecule has 0 bridgehead atoms. The number of sulfonamides is 1. The molecule has 1 aromatic rings. The van der Waals surface area contributed by atoms with Crippen LogP contribution >= 0.6 is 0 Å². The monoisotopic (exact) mass is 312 g/mol. The van der Waals surface area contributed by atoms with Crippen LogP contribution in [0.25, 0.3) is 0 Å². The minimum absolute atomic E-state index is 0.0306. The molecule has 1 aliphatic rings. The van der Waals surface area contributed by atoms with Gasteiger partial charge in [0.05, 0.1) is 5.75 Å². The van der Waals surface area contributed by atoms with E-state index in [0.29, 0.717) is 6.42 Å². The highest BCUT2D eigenvalue weighted by molar-refractivity contribution is 7.89. The highest BCUT2D eigenvalue weighted by Gasteiger charge is 2.32. The topological polar surface area (TPSA) is 92.8 Å². The van der Waals surface area contributed by atoms with Crippen LogP contribution in [0.4, 0.5) is 4.79 Å². The molecule has 7 nitrogen and oxygen atoms in total. The molecule has 2 amide bonds. The molecule has 1 aromatic carbocycles. The first-order chi connectivity index (χ1) is 9.99. The van der Waals surface area contributed by atoms with Gasteiger partial charge in [0, 0.05) is 6.54 Å². The average molecular weight is 312 g/mol. The molecular formula is C13H16N2O5S. The third kappa shape index (κ3) is 4.19. The zero-order chi connectivity index (χ0) is 15.3. The first kappa shape index (κ1) is 15.3. The van der Waals surface area contributed by atoms with Gasteiger partial charge in [0.2, 0.25) is 10.0 Å². The Morgan fingerprint density at radius 1 is 1.24 bits per heavy atom. The molecule has 1 N–H and O–H groups in total. The number of benzene rings is 1. The molecule has 0 saturated carbocycles. The zero-order valence-corrected chi connectivity index (χ0v) is 12.1. The predicted octanol–water partition coefficient (Wildman–Crippen LogP) is 0.475. The zero-order valence-electron chi connectivity index (χ0n) is 11.3. The lowest BCUT2D eigenvalue weighted by molar-refractivity contribution is -0.125. The van der Waals surface area contributed by atoms with Crippen LogP contribution in [0.2, 0.25) is 0 Å². The van der Waals surface area contributed by atoms with Gasteiger partial charge in [-0.05, 0) is 12.0 Å². The number of carbonyl (C=O) groups is 2. The molecule has 0 aliphatic carbocycles. The van der Waals surface area contributed by atoms with E-state index in [1.54, 1.807) is 12.1 Å². The van der Waals surface area contributed by atoms with Crippen LogP contribution in [-0.2, 0) is 26.2 Å². The van der Waals surface area contributed by atoms with Gasteiger partial charge in [-0.2, -0.15) is 0 Å². The molecule has 0 spiro atoms. The van der Waals surface area contributed by atoms with Crippen molar-refractivity contribution in [3.63, 3.8) is 0 Å². The third-order valence-electron chi connectivity index (χ3n) is 2.97. The third-order valence-corrected chi connectivity index (χ3v) is 4.84. The van der Waals surface area contributed by atoms with Gasteiger partial charge < -0.3 is 10.1 Å². The van der Waals surface area contributed by atoms with Gasteiger partial charge in [-0.1, -0.05) is 30.3 Å². The van der Waals surface area contributed by atoms with Crippen LogP contribution in [0.3, 0.4) is 0 Å². The largest absolute Gasteiger partial charge is 0.445 e. The molecule has 1 aliphatic heterocycles. The maximum atomic E-state index is 11.7. The van der Waals surface area contributed by atoms with Crippen molar-refractivity contribution < 1.29 is 22.7 Å². The van der Waals surface area contributed by atoms with E-state index in [1.807, 2.05) is 18.2 Å². The Kier molecular flexibility index (Phi) is 4.79. The number of nitrogens with one attached hydrogen (secondary N) is 1. The minimum Gasteiger partial charge on any atom is -0.445 e. The predicted molar refractivity (Wildman–Crippen MR) is 74.7 cm³/mol. The maximum absolute atomic E-state index is 11.7. The summed E-state index contributed by atoms with van der Waals surface area (Å²) in [7, 11) is -3.50. The van der Waals surface area contributed by atoms with Gasteiger partial charge in [-0.3, -0.25) is 4.79 Å². The molecule has 0 radical (unpaired) electrons. The lowest BCUT2D eigenvalue weighted by Gasteiger charge is -2.14. The second-order valence-corrected chi connectivity index (χ2v) is 6.56. The van der Waals surface area contributed by atoms with Gasteiger partial charge in [0.15, 0.2) is 0 Å². The summed E-state index contributed by atoms with van der Waals surface area (Å²) in [5.41, 5.74) is 0.820. The molecule has 1 saturated heterocycles. The van der Waals surface area contributed by atoms with Crippen LogP contribution in [-0.4, -0.2) is 43.6 Å². The molecule has 21 heavy (non-hydrogen) atoms. The first-order valence-corrected chi connectivity index (χ1v) is 8.08. The fourth-order valence-corrected chi connectivity index (χ4v) is 3.43. The van der Waals surface area contributed by atoms with E-state index < -0.39 is 28.6 Å². The molecular weight excluding hydrogens is 296 g/mol. The van der Waals surface area contributed by atoms with E-state index in [1.165, 1.54) is 0 Å². The number of hydrogen-bond acceptors (Lipinski definition) is 5. The SMILES string of the molecule is O=C(NCC(=O)N1CCCS1(=O)=O)OCc1ccccc1. The van der Waals surface area contributed by atoms with Gasteiger partial charge >= 0.3 is 6.09 Å². The van der Waals surface area contributed by atoms with Crippen molar-refractivity contribution in [2.24, 2.45) is 0 Å². The number of nitrogens with zero attached hydrogens (tertiary/aromatic N) is 1. The summed E-state index contributed by atoms with van der Waals surface area (Å²) in [6.07, 6.45) is -0.337. The Bertz CT molecular complexity index is 615. The molecule has 0 atom stereocenters. The number of carbonyl (C=O) groups excluding carboxylic acids is 2. The summed E-state index contributed by atoms with van der Waals surface area (Å²) in [6, 6.07) is 9.08. The maximum Gasteiger partial charge on any atom is 0.407 e. The van der Waals surface area contributed by atoms with Gasteiger partial charge in [0.1, 0.15) is 13.2 Å². The van der Waals surface area contributed by atoms with Crippen molar-refractivity contribution in [2.45, 2.75) is 13.0 Å². The van der Waals surface area contributed by atoms with Crippen molar-refractivity contribution in [1.82, 2.24) is 9.62 Å². The standard InChI is InChI=1S/C13H16N2O5S/c16-12(15-7-4-8-21(15,18)19)9-14-13(17)20-10-11-5-2-1-3-6-11/h1-3,5-6H,4,7-10H2,(H,14,17). The quantitative estimate of drug-likeness (QED) is 0.872. The molecule has 8 heteroatoms. The van der Waals surface area contributed by atoms with Crippen LogP contribution < -0.4 is 5.32 Å². The lowest BCUT2D eigenvalue weighted by Crippen LogP contribution is -2.41. The van der Waals surface area contributed by atoms with Crippen molar-refractivity contribution in [3.8, 4) is 0 Å². The second-order valence-electron chi connectivity index (χ2n) is 4.55. The molecule has 0 unspecified atom stereocenters. The van der Waals surface area contributed by atoms with Gasteiger partial charge in [-0.15, -0.1) is 0 Å². The summed E-state index contributed by atoms with van der Waals surface area (Å²) in [6.45, 7) is -0.141. The average Bonchev–Trinajstić information content (AvgIpc) is 2.83. The normalized spacial score (nSPS) is 16.5. The highest BCUT2D eigenvalue weighted by atomic mass is 32.2. The fraction of sp³-hybridized carbons (Fsp3) is 0.385. The van der Waals surface area contributed by atoms with Crippen LogP contribution in [0.1, 0.15) is 12.0 Å². The Morgan fingerprint density at radius 2 is 1.95 bits per heavy atom. The smallest absolute Gasteiger partial charge is 0.407 e. The summed E-state index contributed by atoms with van der Waals surface area (Å²) < 4.78 is 28.8. The lowest BCUT2D eigenvalue weighted by atomic mass is 10.2. The first-order valence-electron chi connectivity index (χ1n) is 6.47. The number of ether oxygens (including phenoxy) is 1. The molecule has 1 fully saturated rings. The van der Waals surface area contributed by atoms with Crippen molar-refractivity contribution in [3.05, 3.63) is 35.9 Å².